The van der Waals surface area contributed by atoms with E-state index in [1.165, 1.54) is 0 Å². The van der Waals surface area contributed by atoms with Crippen LogP contribution in [0.4, 0.5) is 5.69 Å². The first-order valence-corrected chi connectivity index (χ1v) is 5.53. The summed E-state index contributed by atoms with van der Waals surface area (Å²) in [5.74, 6) is 0.715. The van der Waals surface area contributed by atoms with Crippen molar-refractivity contribution in [3.05, 3.63) is 20.6 Å². The average Bonchev–Trinajstić information content (AvgIpc) is 2.11. The molecule has 0 amide bonds. The van der Waals surface area contributed by atoms with Gasteiger partial charge in [0.15, 0.2) is 0 Å². The molecule has 0 saturated carbocycles. The summed E-state index contributed by atoms with van der Waals surface area (Å²) in [6, 6.07) is 1.89. The van der Waals surface area contributed by atoms with E-state index in [4.69, 9.17) is 10.5 Å². The number of rotatable bonds is 2. The fraction of sp³-hybridized carbons (Fsp3) is 0.333. The summed E-state index contributed by atoms with van der Waals surface area (Å²) in [7, 11) is 0. The molecular formula is C9H11Br2NO. The standard InChI is InChI=1S/C9H11Br2NO/c1-3-13-7-4-6(10)5(2)8(11)9(7)12/h4H,3,12H2,1-2H3. The Labute approximate surface area is 94.7 Å². The monoisotopic (exact) mass is 307 g/mol. The van der Waals surface area contributed by atoms with E-state index in [0.29, 0.717) is 18.0 Å². The van der Waals surface area contributed by atoms with Gasteiger partial charge in [-0.1, -0.05) is 15.9 Å². The topological polar surface area (TPSA) is 35.2 Å². The van der Waals surface area contributed by atoms with Crippen LogP contribution in [0.3, 0.4) is 0 Å². The maximum absolute atomic E-state index is 5.85. The number of benzene rings is 1. The summed E-state index contributed by atoms with van der Waals surface area (Å²) < 4.78 is 7.26. The molecule has 0 aliphatic heterocycles. The fourth-order valence-corrected chi connectivity index (χ4v) is 2.07. The number of halogens is 2. The van der Waals surface area contributed by atoms with Gasteiger partial charge in [-0.25, -0.2) is 0 Å². The van der Waals surface area contributed by atoms with Crippen molar-refractivity contribution >= 4 is 37.5 Å². The minimum absolute atomic E-state index is 0.617. The van der Waals surface area contributed by atoms with Gasteiger partial charge in [-0.2, -0.15) is 0 Å². The maximum Gasteiger partial charge on any atom is 0.144 e. The molecule has 0 spiro atoms. The van der Waals surface area contributed by atoms with Gasteiger partial charge >= 0.3 is 0 Å². The van der Waals surface area contributed by atoms with Gasteiger partial charge in [0.05, 0.1) is 12.3 Å². The molecule has 0 unspecified atom stereocenters. The first-order valence-electron chi connectivity index (χ1n) is 3.94. The lowest BCUT2D eigenvalue weighted by Crippen LogP contribution is -1.99. The zero-order valence-corrected chi connectivity index (χ0v) is 10.7. The Hall–Kier alpha value is -0.220. The van der Waals surface area contributed by atoms with Crippen molar-refractivity contribution in [3.63, 3.8) is 0 Å². The van der Waals surface area contributed by atoms with E-state index in [1.54, 1.807) is 0 Å². The largest absolute Gasteiger partial charge is 0.492 e. The second-order valence-corrected chi connectivity index (χ2v) is 4.29. The second-order valence-electron chi connectivity index (χ2n) is 2.64. The van der Waals surface area contributed by atoms with Gasteiger partial charge in [0.2, 0.25) is 0 Å². The average molecular weight is 309 g/mol. The Morgan fingerprint density at radius 3 is 2.62 bits per heavy atom. The van der Waals surface area contributed by atoms with E-state index in [-0.39, 0.29) is 0 Å². The maximum atomic E-state index is 5.85. The summed E-state index contributed by atoms with van der Waals surface area (Å²) in [4.78, 5) is 0. The molecule has 0 aliphatic carbocycles. The number of ether oxygens (including phenoxy) is 1. The Morgan fingerprint density at radius 2 is 2.08 bits per heavy atom. The third kappa shape index (κ3) is 2.17. The zero-order chi connectivity index (χ0) is 10.0. The Morgan fingerprint density at radius 1 is 1.46 bits per heavy atom. The highest BCUT2D eigenvalue weighted by atomic mass is 79.9. The summed E-state index contributed by atoms with van der Waals surface area (Å²) in [5, 5.41) is 0. The van der Waals surface area contributed by atoms with Crippen LogP contribution < -0.4 is 10.5 Å². The predicted molar refractivity (Wildman–Crippen MR) is 62.2 cm³/mol. The van der Waals surface area contributed by atoms with Crippen LogP contribution in [0.25, 0.3) is 0 Å². The van der Waals surface area contributed by atoms with Crippen molar-refractivity contribution in [2.75, 3.05) is 12.3 Å². The molecule has 2 nitrogen and oxygen atoms in total. The molecular weight excluding hydrogens is 298 g/mol. The van der Waals surface area contributed by atoms with Crippen molar-refractivity contribution < 1.29 is 4.74 Å². The molecule has 0 fully saturated rings. The molecule has 0 aromatic heterocycles. The van der Waals surface area contributed by atoms with Crippen molar-refractivity contribution in [1.82, 2.24) is 0 Å². The van der Waals surface area contributed by atoms with Gasteiger partial charge in [0.1, 0.15) is 5.75 Å². The molecule has 0 heterocycles. The first kappa shape index (κ1) is 10.9. The summed E-state index contributed by atoms with van der Waals surface area (Å²) in [5.41, 5.74) is 7.59. The number of hydrogen-bond donors (Lipinski definition) is 1. The molecule has 0 aliphatic rings. The highest BCUT2D eigenvalue weighted by Crippen LogP contribution is 2.37. The molecule has 1 aromatic rings. The van der Waals surface area contributed by atoms with Gasteiger partial charge in [0.25, 0.3) is 0 Å². The van der Waals surface area contributed by atoms with E-state index < -0.39 is 0 Å². The molecule has 1 aromatic carbocycles. The van der Waals surface area contributed by atoms with Gasteiger partial charge < -0.3 is 10.5 Å². The minimum atomic E-state index is 0.617. The second kappa shape index (κ2) is 4.33. The molecule has 13 heavy (non-hydrogen) atoms. The lowest BCUT2D eigenvalue weighted by atomic mass is 10.2. The third-order valence-corrected chi connectivity index (χ3v) is 3.59. The molecule has 1 rings (SSSR count). The molecule has 72 valence electrons. The minimum Gasteiger partial charge on any atom is -0.492 e. The Bertz CT molecular complexity index is 326. The quantitative estimate of drug-likeness (QED) is 0.849. The van der Waals surface area contributed by atoms with Crippen molar-refractivity contribution in [2.45, 2.75) is 13.8 Å². The van der Waals surface area contributed by atoms with Gasteiger partial charge in [-0.15, -0.1) is 0 Å². The lowest BCUT2D eigenvalue weighted by Gasteiger charge is -2.11. The van der Waals surface area contributed by atoms with Crippen LogP contribution in [0, 0.1) is 6.92 Å². The molecule has 4 heteroatoms. The predicted octanol–water partition coefficient (Wildman–Crippen LogP) is 3.50. The summed E-state index contributed by atoms with van der Waals surface area (Å²) in [6.45, 7) is 4.54. The smallest absolute Gasteiger partial charge is 0.144 e. The summed E-state index contributed by atoms with van der Waals surface area (Å²) >= 11 is 6.85. The van der Waals surface area contributed by atoms with E-state index >= 15 is 0 Å². The lowest BCUT2D eigenvalue weighted by molar-refractivity contribution is 0.341. The molecule has 0 atom stereocenters. The SMILES string of the molecule is CCOc1cc(Br)c(C)c(Br)c1N. The van der Waals surface area contributed by atoms with Crippen LogP contribution in [0.2, 0.25) is 0 Å². The normalized spacial score (nSPS) is 10.2. The zero-order valence-electron chi connectivity index (χ0n) is 7.53. The number of anilines is 1. The van der Waals surface area contributed by atoms with Crippen LogP contribution >= 0.6 is 31.9 Å². The summed E-state index contributed by atoms with van der Waals surface area (Å²) in [6.07, 6.45) is 0. The first-order chi connectivity index (χ1) is 6.07. The highest BCUT2D eigenvalue weighted by Gasteiger charge is 2.10. The van der Waals surface area contributed by atoms with E-state index in [9.17, 15) is 0 Å². The van der Waals surface area contributed by atoms with Crippen molar-refractivity contribution in [1.29, 1.82) is 0 Å². The van der Waals surface area contributed by atoms with Crippen LogP contribution in [0.15, 0.2) is 15.0 Å². The van der Waals surface area contributed by atoms with Crippen LogP contribution in [-0.4, -0.2) is 6.61 Å². The highest BCUT2D eigenvalue weighted by molar-refractivity contribution is 9.11. The van der Waals surface area contributed by atoms with E-state index in [0.717, 1.165) is 14.5 Å². The molecule has 0 bridgehead atoms. The Kier molecular flexibility index (Phi) is 3.62. The van der Waals surface area contributed by atoms with Crippen molar-refractivity contribution in [3.8, 4) is 5.75 Å². The van der Waals surface area contributed by atoms with E-state index in [2.05, 4.69) is 31.9 Å². The fourth-order valence-electron chi connectivity index (χ4n) is 0.991. The van der Waals surface area contributed by atoms with Gasteiger partial charge in [0, 0.05) is 8.95 Å². The Balaban J connectivity index is 3.24. The van der Waals surface area contributed by atoms with Crippen molar-refractivity contribution in [2.24, 2.45) is 0 Å². The van der Waals surface area contributed by atoms with Gasteiger partial charge in [-0.05, 0) is 41.4 Å². The molecule has 0 radical (unpaired) electrons. The number of nitrogens with two attached hydrogens (primary N) is 1. The molecule has 0 saturated heterocycles. The number of hydrogen-bond acceptors (Lipinski definition) is 2. The van der Waals surface area contributed by atoms with Crippen LogP contribution in [-0.2, 0) is 0 Å². The number of nitrogen functional groups attached to an aromatic ring is 1. The molecule has 2 N–H and O–H groups in total. The van der Waals surface area contributed by atoms with Crippen LogP contribution in [0.1, 0.15) is 12.5 Å². The van der Waals surface area contributed by atoms with E-state index in [1.807, 2.05) is 19.9 Å². The third-order valence-electron chi connectivity index (χ3n) is 1.75. The van der Waals surface area contributed by atoms with Gasteiger partial charge in [-0.3, -0.25) is 0 Å². The van der Waals surface area contributed by atoms with Crippen LogP contribution in [0.5, 0.6) is 5.75 Å².